The standard InChI is InChI=1S/C28H45BN2O5Si/c1-24(2,3)34-23(32)31-17-28(11,18-33-37(12,13)25(4,5)6)21-15-20(14-19(16-30)22(21)31)29-35-26(7,8)27(9,10)36-29/h14-15H,17-18H2,1-13H3/t28-/m1/s1. The molecule has 0 bridgehead atoms. The second kappa shape index (κ2) is 9.12. The molecule has 1 saturated heterocycles. The molecule has 0 aliphatic carbocycles. The van der Waals surface area contributed by atoms with E-state index in [1.807, 2.05) is 54.5 Å². The number of benzene rings is 1. The molecule has 1 fully saturated rings. The van der Waals surface area contributed by atoms with Gasteiger partial charge in [-0.05, 0) is 83.7 Å². The van der Waals surface area contributed by atoms with Crippen molar-refractivity contribution in [3.63, 3.8) is 0 Å². The third-order valence-electron chi connectivity index (χ3n) is 8.38. The Morgan fingerprint density at radius 3 is 2.08 bits per heavy atom. The fourth-order valence-electron chi connectivity index (χ4n) is 4.27. The van der Waals surface area contributed by atoms with Crippen LogP contribution in [0.3, 0.4) is 0 Å². The first-order valence-corrected chi connectivity index (χ1v) is 16.0. The van der Waals surface area contributed by atoms with E-state index in [1.54, 1.807) is 11.0 Å². The Morgan fingerprint density at radius 1 is 1.08 bits per heavy atom. The number of anilines is 1. The number of nitriles is 1. The van der Waals surface area contributed by atoms with Crippen LogP contribution in [0.4, 0.5) is 10.5 Å². The first-order valence-electron chi connectivity index (χ1n) is 13.1. The SMILES string of the molecule is CC(C)(C)OC(=O)N1C[C@](C)(CO[Si](C)(C)C(C)(C)C)c2cc(B3OC(C)(C)C(C)(C)O3)cc(C#N)c21. The molecule has 0 N–H and O–H groups in total. The van der Waals surface area contributed by atoms with Crippen molar-refractivity contribution in [1.29, 1.82) is 5.26 Å². The van der Waals surface area contributed by atoms with Crippen molar-refractivity contribution in [2.75, 3.05) is 18.1 Å². The van der Waals surface area contributed by atoms with Gasteiger partial charge < -0.3 is 18.5 Å². The molecule has 2 aliphatic heterocycles. The maximum atomic E-state index is 13.4. The highest BCUT2D eigenvalue weighted by Crippen LogP contribution is 2.46. The van der Waals surface area contributed by atoms with Gasteiger partial charge >= 0.3 is 13.2 Å². The molecule has 1 amide bonds. The number of hydrogen-bond donors (Lipinski definition) is 0. The summed E-state index contributed by atoms with van der Waals surface area (Å²) in [7, 11) is -2.70. The highest BCUT2D eigenvalue weighted by atomic mass is 28.4. The monoisotopic (exact) mass is 528 g/mol. The molecule has 204 valence electrons. The van der Waals surface area contributed by atoms with Gasteiger partial charge in [0.05, 0.1) is 22.5 Å². The van der Waals surface area contributed by atoms with Gasteiger partial charge in [-0.3, -0.25) is 4.90 Å². The van der Waals surface area contributed by atoms with E-state index in [2.05, 4.69) is 46.9 Å². The highest BCUT2D eigenvalue weighted by Gasteiger charge is 2.53. The number of nitrogens with zero attached hydrogens (tertiary/aromatic N) is 2. The van der Waals surface area contributed by atoms with E-state index >= 15 is 0 Å². The molecule has 0 saturated carbocycles. The minimum Gasteiger partial charge on any atom is -0.443 e. The zero-order valence-electron chi connectivity index (χ0n) is 25.1. The molecule has 9 heteroatoms. The van der Waals surface area contributed by atoms with Crippen LogP contribution >= 0.6 is 0 Å². The van der Waals surface area contributed by atoms with Gasteiger partial charge in [-0.2, -0.15) is 5.26 Å². The lowest BCUT2D eigenvalue weighted by Crippen LogP contribution is -2.46. The minimum absolute atomic E-state index is 0.0397. The maximum absolute atomic E-state index is 13.4. The summed E-state index contributed by atoms with van der Waals surface area (Å²) in [4.78, 5) is 15.0. The van der Waals surface area contributed by atoms with E-state index in [9.17, 15) is 10.1 Å². The van der Waals surface area contributed by atoms with Crippen LogP contribution in [0.5, 0.6) is 0 Å². The molecule has 2 aliphatic rings. The average molecular weight is 529 g/mol. The summed E-state index contributed by atoms with van der Waals surface area (Å²) < 4.78 is 25.1. The number of hydrogen-bond acceptors (Lipinski definition) is 6. The number of rotatable bonds is 4. The second-order valence-electron chi connectivity index (χ2n) is 14.3. The van der Waals surface area contributed by atoms with Gasteiger partial charge in [-0.1, -0.05) is 33.8 Å². The zero-order chi connectivity index (χ0) is 28.4. The van der Waals surface area contributed by atoms with Crippen LogP contribution in [-0.2, 0) is 23.9 Å². The van der Waals surface area contributed by atoms with Crippen LogP contribution in [-0.4, -0.2) is 51.5 Å². The summed E-state index contributed by atoms with van der Waals surface area (Å²) in [6.07, 6.45) is -0.468. The first-order chi connectivity index (χ1) is 16.5. The second-order valence-corrected chi connectivity index (χ2v) is 19.2. The fraction of sp³-hybridized carbons (Fsp3) is 0.714. The molecule has 1 aromatic rings. The summed E-state index contributed by atoms with van der Waals surface area (Å²) in [5.74, 6) is 0. The largest absolute Gasteiger partial charge is 0.494 e. The molecule has 1 aromatic carbocycles. The van der Waals surface area contributed by atoms with Gasteiger partial charge in [0.2, 0.25) is 0 Å². The Morgan fingerprint density at radius 2 is 1.62 bits per heavy atom. The van der Waals surface area contributed by atoms with Gasteiger partial charge in [0.15, 0.2) is 8.32 Å². The van der Waals surface area contributed by atoms with E-state index in [1.165, 1.54) is 0 Å². The van der Waals surface area contributed by atoms with Crippen molar-refractivity contribution in [3.8, 4) is 6.07 Å². The van der Waals surface area contributed by atoms with E-state index in [0.717, 1.165) is 11.0 Å². The van der Waals surface area contributed by atoms with Crippen LogP contribution in [0.25, 0.3) is 0 Å². The van der Waals surface area contributed by atoms with Crippen LogP contribution in [0.15, 0.2) is 12.1 Å². The topological polar surface area (TPSA) is 81.0 Å². The highest BCUT2D eigenvalue weighted by molar-refractivity contribution is 6.74. The van der Waals surface area contributed by atoms with E-state index < -0.39 is 43.7 Å². The normalized spacial score (nSPS) is 23.1. The molecule has 7 nitrogen and oxygen atoms in total. The van der Waals surface area contributed by atoms with Crippen LogP contribution in [0.1, 0.15) is 87.3 Å². The summed E-state index contributed by atoms with van der Waals surface area (Å²) in [6.45, 7) is 27.5. The smallest absolute Gasteiger partial charge is 0.443 e. The Bertz CT molecular complexity index is 1100. The van der Waals surface area contributed by atoms with Crippen LogP contribution in [0.2, 0.25) is 18.1 Å². The Kier molecular flexibility index (Phi) is 7.32. The molecule has 2 heterocycles. The minimum atomic E-state index is -2.08. The molecule has 1 atom stereocenters. The zero-order valence-corrected chi connectivity index (χ0v) is 26.1. The Balaban J connectivity index is 2.12. The molecular weight excluding hydrogens is 483 g/mol. The average Bonchev–Trinajstić information content (AvgIpc) is 3.14. The molecule has 0 unspecified atom stereocenters. The molecule has 0 spiro atoms. The van der Waals surface area contributed by atoms with Crippen molar-refractivity contribution in [1.82, 2.24) is 0 Å². The number of amides is 1. The summed E-state index contributed by atoms with van der Waals surface area (Å²) in [6, 6.07) is 6.12. The Hall–Kier alpha value is -1.86. The Labute approximate surface area is 225 Å². The molecule has 0 radical (unpaired) electrons. The summed E-state index contributed by atoms with van der Waals surface area (Å²) in [5, 5.41) is 10.2. The molecule has 3 rings (SSSR count). The molecular formula is C28H45BN2O5Si. The lowest BCUT2D eigenvalue weighted by atomic mass is 9.74. The van der Waals surface area contributed by atoms with Gasteiger partial charge in [-0.25, -0.2) is 4.79 Å². The number of carbonyl (C=O) groups is 1. The van der Waals surface area contributed by atoms with Crippen LogP contribution in [0, 0.1) is 11.3 Å². The predicted octanol–water partition coefficient (Wildman–Crippen LogP) is 5.89. The van der Waals surface area contributed by atoms with Crippen molar-refractivity contribution >= 4 is 32.7 Å². The van der Waals surface area contributed by atoms with Gasteiger partial charge in [-0.15, -0.1) is 0 Å². The van der Waals surface area contributed by atoms with Crippen molar-refractivity contribution < 1.29 is 23.3 Å². The lowest BCUT2D eigenvalue weighted by molar-refractivity contribution is 0.00578. The summed E-state index contributed by atoms with van der Waals surface area (Å²) in [5.41, 5.74) is 0.375. The number of fused-ring (bicyclic) bond motifs is 1. The number of carbonyl (C=O) groups excluding carboxylic acids is 1. The molecule has 0 aromatic heterocycles. The lowest BCUT2D eigenvalue weighted by Gasteiger charge is -2.39. The third-order valence-corrected chi connectivity index (χ3v) is 12.9. The first kappa shape index (κ1) is 29.7. The van der Waals surface area contributed by atoms with Gasteiger partial charge in [0, 0.05) is 18.6 Å². The van der Waals surface area contributed by atoms with Crippen molar-refractivity contribution in [3.05, 3.63) is 23.3 Å². The van der Waals surface area contributed by atoms with Gasteiger partial charge in [0.25, 0.3) is 0 Å². The predicted molar refractivity (Wildman–Crippen MR) is 151 cm³/mol. The third kappa shape index (κ3) is 5.63. The fourth-order valence-corrected chi connectivity index (χ4v) is 5.39. The quantitative estimate of drug-likeness (QED) is 0.453. The number of ether oxygens (including phenoxy) is 1. The van der Waals surface area contributed by atoms with Crippen molar-refractivity contribution in [2.45, 2.75) is 117 Å². The van der Waals surface area contributed by atoms with E-state index in [4.69, 9.17) is 18.5 Å². The van der Waals surface area contributed by atoms with E-state index in [0.29, 0.717) is 24.4 Å². The van der Waals surface area contributed by atoms with E-state index in [-0.39, 0.29) is 5.04 Å². The maximum Gasteiger partial charge on any atom is 0.494 e. The molecule has 37 heavy (non-hydrogen) atoms. The van der Waals surface area contributed by atoms with Gasteiger partial charge in [0.1, 0.15) is 11.7 Å². The van der Waals surface area contributed by atoms with Crippen LogP contribution < -0.4 is 10.4 Å². The van der Waals surface area contributed by atoms with Crippen molar-refractivity contribution in [2.24, 2.45) is 0 Å². The summed E-state index contributed by atoms with van der Waals surface area (Å²) >= 11 is 0.